The summed E-state index contributed by atoms with van der Waals surface area (Å²) in [6.45, 7) is 3.12. The van der Waals surface area contributed by atoms with Crippen LogP contribution in [0.25, 0.3) is 11.0 Å². The Balaban J connectivity index is 1.26. The maximum atomic E-state index is 12.6. The number of para-hydroxylation sites is 2. The molecule has 1 saturated heterocycles. The number of hydrogen-bond donors (Lipinski definition) is 1. The van der Waals surface area contributed by atoms with Crippen molar-refractivity contribution >= 4 is 34.5 Å². The molecule has 32 heavy (non-hydrogen) atoms. The zero-order chi connectivity index (χ0) is 21.9. The predicted octanol–water partition coefficient (Wildman–Crippen LogP) is 2.49. The van der Waals surface area contributed by atoms with Gasteiger partial charge in [0.25, 0.3) is 5.91 Å². The Hall–Kier alpha value is -3.01. The molecule has 1 fully saturated rings. The number of amides is 1. The zero-order valence-electron chi connectivity index (χ0n) is 18.0. The van der Waals surface area contributed by atoms with E-state index in [2.05, 4.69) is 15.3 Å². The second-order valence-corrected chi connectivity index (χ2v) is 8.62. The summed E-state index contributed by atoms with van der Waals surface area (Å²) >= 11 is 1.53. The molecular formula is C22H26N6O3S. The second kappa shape index (κ2) is 9.23. The fourth-order valence-electron chi connectivity index (χ4n) is 4.07. The molecule has 2 aliphatic heterocycles. The lowest BCUT2D eigenvalue weighted by Crippen LogP contribution is -2.44. The number of rotatable bonds is 6. The van der Waals surface area contributed by atoms with Crippen molar-refractivity contribution in [3.8, 4) is 11.5 Å². The van der Waals surface area contributed by atoms with Crippen LogP contribution in [0.4, 0.5) is 5.82 Å². The Labute approximate surface area is 190 Å². The molecule has 3 aromatic rings. The number of ether oxygens (including phenoxy) is 2. The molecule has 1 atom stereocenters. The van der Waals surface area contributed by atoms with Crippen molar-refractivity contribution in [3.05, 3.63) is 30.5 Å². The van der Waals surface area contributed by atoms with Gasteiger partial charge in [0.1, 0.15) is 12.4 Å². The maximum Gasteiger partial charge on any atom is 0.264 e. The van der Waals surface area contributed by atoms with Crippen LogP contribution < -0.4 is 19.7 Å². The quantitative estimate of drug-likeness (QED) is 0.449. The molecule has 0 bridgehead atoms. The van der Waals surface area contributed by atoms with Crippen molar-refractivity contribution in [2.45, 2.75) is 37.1 Å². The van der Waals surface area contributed by atoms with E-state index in [1.54, 1.807) is 6.07 Å². The molecular weight excluding hydrogens is 428 g/mol. The zero-order valence-corrected chi connectivity index (χ0v) is 18.8. The number of benzene rings is 1. The highest BCUT2D eigenvalue weighted by Gasteiger charge is 2.27. The third kappa shape index (κ3) is 4.19. The van der Waals surface area contributed by atoms with Gasteiger partial charge in [0.05, 0.1) is 18.1 Å². The number of nitrogens with zero attached hydrogens (tertiary/aromatic N) is 5. The summed E-state index contributed by atoms with van der Waals surface area (Å²) < 4.78 is 13.2. The Morgan fingerprint density at radius 2 is 2.00 bits per heavy atom. The molecule has 0 radical (unpaired) electrons. The molecule has 10 heteroatoms. The highest BCUT2D eigenvalue weighted by atomic mass is 32.2. The molecule has 4 heterocycles. The molecule has 1 aromatic carbocycles. The number of fused-ring (bicyclic) bond motifs is 2. The largest absolute Gasteiger partial charge is 0.485 e. The Bertz CT molecular complexity index is 1110. The fourth-order valence-corrected chi connectivity index (χ4v) is 4.43. The molecule has 1 unspecified atom stereocenters. The number of nitrogens with one attached hydrogen (secondary N) is 1. The summed E-state index contributed by atoms with van der Waals surface area (Å²) in [5.74, 6) is 2.00. The van der Waals surface area contributed by atoms with Crippen molar-refractivity contribution < 1.29 is 14.3 Å². The first-order valence-electron chi connectivity index (χ1n) is 10.9. The lowest BCUT2D eigenvalue weighted by Gasteiger charge is -2.28. The van der Waals surface area contributed by atoms with Crippen LogP contribution in [0.15, 0.2) is 35.6 Å². The number of anilines is 1. The predicted molar refractivity (Wildman–Crippen MR) is 123 cm³/mol. The van der Waals surface area contributed by atoms with Crippen LogP contribution in [-0.2, 0) is 11.3 Å². The summed E-state index contributed by atoms with van der Waals surface area (Å²) in [5, 5.41) is 9.15. The minimum Gasteiger partial charge on any atom is -0.485 e. The Kier molecular flexibility index (Phi) is 6.02. The Morgan fingerprint density at radius 1 is 1.19 bits per heavy atom. The average Bonchev–Trinajstić information content (AvgIpc) is 3.26. The van der Waals surface area contributed by atoms with E-state index in [1.165, 1.54) is 31.0 Å². The van der Waals surface area contributed by atoms with E-state index in [1.807, 2.05) is 35.3 Å². The van der Waals surface area contributed by atoms with E-state index < -0.39 is 6.10 Å². The van der Waals surface area contributed by atoms with Crippen molar-refractivity contribution in [3.63, 3.8) is 0 Å². The van der Waals surface area contributed by atoms with Gasteiger partial charge in [-0.1, -0.05) is 23.9 Å². The minimum absolute atomic E-state index is 0.192. The molecule has 168 valence electrons. The number of carbonyl (C=O) groups excluding carboxylic acids is 1. The maximum absolute atomic E-state index is 12.6. The molecule has 2 aromatic heterocycles. The van der Waals surface area contributed by atoms with Gasteiger partial charge < -0.3 is 19.7 Å². The van der Waals surface area contributed by atoms with E-state index in [-0.39, 0.29) is 12.5 Å². The van der Waals surface area contributed by atoms with Crippen molar-refractivity contribution in [1.29, 1.82) is 0 Å². The first-order valence-corrected chi connectivity index (χ1v) is 12.1. The minimum atomic E-state index is -0.671. The van der Waals surface area contributed by atoms with Crippen molar-refractivity contribution in [2.75, 3.05) is 37.4 Å². The highest BCUT2D eigenvalue weighted by molar-refractivity contribution is 7.98. The lowest BCUT2D eigenvalue weighted by molar-refractivity contribution is -0.130. The summed E-state index contributed by atoms with van der Waals surface area (Å²) in [4.78, 5) is 24.4. The summed E-state index contributed by atoms with van der Waals surface area (Å²) in [6.07, 6.45) is 6.76. The van der Waals surface area contributed by atoms with Gasteiger partial charge in [0.2, 0.25) is 6.10 Å². The summed E-state index contributed by atoms with van der Waals surface area (Å²) in [6, 6.07) is 7.36. The van der Waals surface area contributed by atoms with E-state index >= 15 is 0 Å². The first kappa shape index (κ1) is 20.9. The van der Waals surface area contributed by atoms with Gasteiger partial charge >= 0.3 is 0 Å². The molecule has 5 rings (SSSR count). The number of aromatic nitrogens is 4. The van der Waals surface area contributed by atoms with Crippen LogP contribution in [0, 0.1) is 0 Å². The van der Waals surface area contributed by atoms with Gasteiger partial charge in [-0.15, -0.1) is 0 Å². The SMILES string of the molecule is CSc1nc(N2CCCCC2)c2cnn(CCNC(=O)C3COc4ccccc4O3)c2n1. The third-order valence-corrected chi connectivity index (χ3v) is 6.27. The van der Waals surface area contributed by atoms with Crippen molar-refractivity contribution in [2.24, 2.45) is 0 Å². The normalized spacial score (nSPS) is 18.0. The van der Waals surface area contributed by atoms with E-state index in [4.69, 9.17) is 19.4 Å². The number of thioether (sulfide) groups is 1. The molecule has 9 nitrogen and oxygen atoms in total. The number of piperidine rings is 1. The van der Waals surface area contributed by atoms with E-state index in [0.717, 1.165) is 35.1 Å². The van der Waals surface area contributed by atoms with Crippen LogP contribution in [-0.4, -0.2) is 64.3 Å². The lowest BCUT2D eigenvalue weighted by atomic mass is 10.1. The van der Waals surface area contributed by atoms with Crippen LogP contribution in [0.1, 0.15) is 19.3 Å². The molecule has 1 N–H and O–H groups in total. The van der Waals surface area contributed by atoms with E-state index in [0.29, 0.717) is 24.6 Å². The highest BCUT2D eigenvalue weighted by Crippen LogP contribution is 2.31. The van der Waals surface area contributed by atoms with E-state index in [9.17, 15) is 4.79 Å². The smallest absolute Gasteiger partial charge is 0.264 e. The summed E-state index contributed by atoms with van der Waals surface area (Å²) in [7, 11) is 0. The molecule has 0 spiro atoms. The van der Waals surface area contributed by atoms with Crippen LogP contribution in [0.5, 0.6) is 11.5 Å². The molecule has 1 amide bonds. The number of hydrogen-bond acceptors (Lipinski definition) is 8. The molecule has 0 saturated carbocycles. The first-order chi connectivity index (χ1) is 15.7. The van der Waals surface area contributed by atoms with Gasteiger partial charge in [-0.3, -0.25) is 4.79 Å². The van der Waals surface area contributed by atoms with Crippen LogP contribution in [0.2, 0.25) is 0 Å². The fraction of sp³-hybridized carbons (Fsp3) is 0.455. The van der Waals surface area contributed by atoms with Gasteiger partial charge in [-0.05, 0) is 37.7 Å². The van der Waals surface area contributed by atoms with Gasteiger partial charge in [-0.2, -0.15) is 5.10 Å². The van der Waals surface area contributed by atoms with Crippen LogP contribution in [0.3, 0.4) is 0 Å². The topological polar surface area (TPSA) is 94.4 Å². The Morgan fingerprint density at radius 3 is 2.81 bits per heavy atom. The average molecular weight is 455 g/mol. The standard InChI is InChI=1S/C22H26N6O3S/c1-32-22-25-19(27-10-5-2-6-11-27)15-13-24-28(20(15)26-22)12-9-23-21(29)18-14-30-16-7-3-4-8-17(16)31-18/h3-4,7-8,13,18H,2,5-6,9-12,14H2,1H3,(H,23,29). The summed E-state index contributed by atoms with van der Waals surface area (Å²) in [5.41, 5.74) is 0.797. The monoisotopic (exact) mass is 454 g/mol. The van der Waals surface area contributed by atoms with Gasteiger partial charge in [-0.25, -0.2) is 14.6 Å². The van der Waals surface area contributed by atoms with Gasteiger partial charge in [0, 0.05) is 19.6 Å². The second-order valence-electron chi connectivity index (χ2n) is 7.84. The molecule has 2 aliphatic rings. The van der Waals surface area contributed by atoms with Crippen molar-refractivity contribution in [1.82, 2.24) is 25.1 Å². The molecule has 0 aliphatic carbocycles. The van der Waals surface area contributed by atoms with Gasteiger partial charge in [0.15, 0.2) is 22.3 Å². The third-order valence-electron chi connectivity index (χ3n) is 5.72. The number of carbonyl (C=O) groups is 1. The van der Waals surface area contributed by atoms with Crippen LogP contribution >= 0.6 is 11.8 Å².